The van der Waals surface area contributed by atoms with Gasteiger partial charge < -0.3 is 10.2 Å². The SMILES string of the molecule is Cc1cccc(C2(C(=O)N[C@@H](C)CN3CCCC3=O)CC2)c1. The van der Waals surface area contributed by atoms with E-state index in [-0.39, 0.29) is 23.3 Å². The summed E-state index contributed by atoms with van der Waals surface area (Å²) in [5.74, 6) is 0.318. The van der Waals surface area contributed by atoms with Crippen LogP contribution in [-0.4, -0.2) is 35.8 Å². The molecule has 118 valence electrons. The molecule has 2 aliphatic rings. The predicted octanol–water partition coefficient (Wildman–Crippen LogP) is 2.15. The van der Waals surface area contributed by atoms with Gasteiger partial charge in [0.25, 0.3) is 0 Å². The van der Waals surface area contributed by atoms with Gasteiger partial charge in [-0.3, -0.25) is 9.59 Å². The molecule has 0 bridgehead atoms. The summed E-state index contributed by atoms with van der Waals surface area (Å²) >= 11 is 0. The predicted molar refractivity (Wildman–Crippen MR) is 85.5 cm³/mol. The van der Waals surface area contributed by atoms with Gasteiger partial charge in [0.1, 0.15) is 0 Å². The van der Waals surface area contributed by atoms with E-state index >= 15 is 0 Å². The van der Waals surface area contributed by atoms with Gasteiger partial charge in [0.05, 0.1) is 5.41 Å². The Morgan fingerprint density at radius 1 is 1.41 bits per heavy atom. The van der Waals surface area contributed by atoms with E-state index in [1.54, 1.807) is 0 Å². The van der Waals surface area contributed by atoms with E-state index in [4.69, 9.17) is 0 Å². The van der Waals surface area contributed by atoms with Gasteiger partial charge in [0.2, 0.25) is 11.8 Å². The van der Waals surface area contributed by atoms with Gasteiger partial charge in [-0.15, -0.1) is 0 Å². The zero-order valence-electron chi connectivity index (χ0n) is 13.4. The fourth-order valence-corrected chi connectivity index (χ4v) is 3.35. The van der Waals surface area contributed by atoms with Crippen LogP contribution in [0.3, 0.4) is 0 Å². The van der Waals surface area contributed by atoms with Gasteiger partial charge in [0, 0.05) is 25.6 Å². The van der Waals surface area contributed by atoms with Crippen LogP contribution in [0.4, 0.5) is 0 Å². The third kappa shape index (κ3) is 2.87. The molecule has 0 unspecified atom stereocenters. The van der Waals surface area contributed by atoms with Crippen molar-refractivity contribution in [3.63, 3.8) is 0 Å². The Morgan fingerprint density at radius 2 is 2.18 bits per heavy atom. The maximum absolute atomic E-state index is 12.7. The first kappa shape index (κ1) is 15.1. The van der Waals surface area contributed by atoms with E-state index in [2.05, 4.69) is 24.4 Å². The molecule has 1 saturated heterocycles. The maximum atomic E-state index is 12.7. The summed E-state index contributed by atoms with van der Waals surface area (Å²) in [4.78, 5) is 26.2. The van der Waals surface area contributed by atoms with Crippen LogP contribution in [0.15, 0.2) is 24.3 Å². The third-order valence-electron chi connectivity index (χ3n) is 4.80. The number of rotatable bonds is 5. The summed E-state index contributed by atoms with van der Waals surface area (Å²) < 4.78 is 0. The average Bonchev–Trinajstić information content (AvgIpc) is 3.20. The first-order chi connectivity index (χ1) is 10.5. The molecule has 4 nitrogen and oxygen atoms in total. The Bertz CT molecular complexity index is 593. The van der Waals surface area contributed by atoms with Crippen LogP contribution in [0.5, 0.6) is 0 Å². The van der Waals surface area contributed by atoms with Crippen LogP contribution in [0.2, 0.25) is 0 Å². The van der Waals surface area contributed by atoms with Gasteiger partial charge >= 0.3 is 0 Å². The topological polar surface area (TPSA) is 49.4 Å². The molecule has 1 N–H and O–H groups in total. The Balaban J connectivity index is 1.63. The molecule has 0 spiro atoms. The molecule has 0 radical (unpaired) electrons. The van der Waals surface area contributed by atoms with Crippen LogP contribution >= 0.6 is 0 Å². The second kappa shape index (κ2) is 5.75. The van der Waals surface area contributed by atoms with Crippen molar-refractivity contribution in [3.8, 4) is 0 Å². The van der Waals surface area contributed by atoms with Crippen molar-refractivity contribution in [2.45, 2.75) is 51.0 Å². The van der Waals surface area contributed by atoms with E-state index in [1.807, 2.05) is 24.0 Å². The minimum atomic E-state index is -0.338. The first-order valence-corrected chi connectivity index (χ1v) is 8.17. The Kier molecular flexibility index (Phi) is 3.94. The van der Waals surface area contributed by atoms with Crippen molar-refractivity contribution >= 4 is 11.8 Å². The first-order valence-electron chi connectivity index (χ1n) is 8.17. The van der Waals surface area contributed by atoms with Crippen molar-refractivity contribution in [2.24, 2.45) is 0 Å². The Morgan fingerprint density at radius 3 is 2.77 bits per heavy atom. The second-order valence-corrected chi connectivity index (χ2v) is 6.77. The molecule has 1 heterocycles. The number of carbonyl (C=O) groups is 2. The number of nitrogens with one attached hydrogen (secondary N) is 1. The number of carbonyl (C=O) groups excluding carboxylic acids is 2. The van der Waals surface area contributed by atoms with Crippen LogP contribution in [-0.2, 0) is 15.0 Å². The van der Waals surface area contributed by atoms with Crippen molar-refractivity contribution in [3.05, 3.63) is 35.4 Å². The van der Waals surface area contributed by atoms with E-state index in [0.29, 0.717) is 13.0 Å². The normalized spacial score (nSPS) is 20.8. The fourth-order valence-electron chi connectivity index (χ4n) is 3.35. The molecule has 2 fully saturated rings. The number of hydrogen-bond acceptors (Lipinski definition) is 2. The summed E-state index contributed by atoms with van der Waals surface area (Å²) in [7, 11) is 0. The van der Waals surface area contributed by atoms with E-state index in [0.717, 1.165) is 31.4 Å². The molecular weight excluding hydrogens is 276 g/mol. The monoisotopic (exact) mass is 300 g/mol. The lowest BCUT2D eigenvalue weighted by atomic mass is 9.93. The number of amides is 2. The molecule has 3 rings (SSSR count). The van der Waals surface area contributed by atoms with Crippen molar-refractivity contribution in [2.75, 3.05) is 13.1 Å². The molecule has 1 atom stereocenters. The van der Waals surface area contributed by atoms with Crippen LogP contribution in [0.25, 0.3) is 0 Å². The maximum Gasteiger partial charge on any atom is 0.230 e. The number of hydrogen-bond donors (Lipinski definition) is 1. The number of likely N-dealkylation sites (tertiary alicyclic amines) is 1. The van der Waals surface area contributed by atoms with Crippen molar-refractivity contribution in [1.82, 2.24) is 10.2 Å². The largest absolute Gasteiger partial charge is 0.351 e. The van der Waals surface area contributed by atoms with Gasteiger partial charge in [-0.05, 0) is 38.7 Å². The molecule has 22 heavy (non-hydrogen) atoms. The molecule has 0 aromatic heterocycles. The summed E-state index contributed by atoms with van der Waals surface area (Å²) in [6.45, 7) is 5.48. The third-order valence-corrected chi connectivity index (χ3v) is 4.80. The van der Waals surface area contributed by atoms with Gasteiger partial charge in [-0.2, -0.15) is 0 Å². The Hall–Kier alpha value is -1.84. The average molecular weight is 300 g/mol. The highest BCUT2D eigenvalue weighted by Gasteiger charge is 2.51. The lowest BCUT2D eigenvalue weighted by molar-refractivity contribution is -0.129. The second-order valence-electron chi connectivity index (χ2n) is 6.77. The molecule has 2 amide bonds. The van der Waals surface area contributed by atoms with Crippen molar-refractivity contribution < 1.29 is 9.59 Å². The smallest absolute Gasteiger partial charge is 0.230 e. The summed E-state index contributed by atoms with van der Waals surface area (Å²) in [5.41, 5.74) is 1.97. The fraction of sp³-hybridized carbons (Fsp3) is 0.556. The highest BCUT2D eigenvalue weighted by molar-refractivity contribution is 5.91. The van der Waals surface area contributed by atoms with Crippen LogP contribution in [0.1, 0.15) is 43.7 Å². The molecule has 1 saturated carbocycles. The van der Waals surface area contributed by atoms with Crippen LogP contribution in [0, 0.1) is 6.92 Å². The van der Waals surface area contributed by atoms with Gasteiger partial charge in [0.15, 0.2) is 0 Å². The molecular formula is C18H24N2O2. The van der Waals surface area contributed by atoms with E-state index in [9.17, 15) is 9.59 Å². The molecule has 1 aromatic carbocycles. The number of benzene rings is 1. The highest BCUT2D eigenvalue weighted by atomic mass is 16.2. The van der Waals surface area contributed by atoms with Crippen LogP contribution < -0.4 is 5.32 Å². The number of nitrogens with zero attached hydrogens (tertiary/aromatic N) is 1. The molecule has 4 heteroatoms. The Labute approximate surface area is 131 Å². The molecule has 1 aliphatic carbocycles. The lowest BCUT2D eigenvalue weighted by Crippen LogP contribution is -2.46. The van der Waals surface area contributed by atoms with Gasteiger partial charge in [-0.1, -0.05) is 29.8 Å². The van der Waals surface area contributed by atoms with E-state index in [1.165, 1.54) is 5.56 Å². The molecule has 1 aromatic rings. The summed E-state index contributed by atoms with van der Waals surface area (Å²) in [5, 5.41) is 3.12. The standard InChI is InChI=1S/C18H24N2O2/c1-13-5-3-6-15(11-13)18(8-9-18)17(22)19-14(2)12-20-10-4-7-16(20)21/h3,5-6,11,14H,4,7-10,12H2,1-2H3,(H,19,22)/t14-/m0/s1. The lowest BCUT2D eigenvalue weighted by Gasteiger charge is -2.24. The summed E-state index contributed by atoms with van der Waals surface area (Å²) in [6.07, 6.45) is 3.41. The quantitative estimate of drug-likeness (QED) is 0.906. The van der Waals surface area contributed by atoms with E-state index < -0.39 is 0 Å². The zero-order chi connectivity index (χ0) is 15.7. The number of aryl methyl sites for hydroxylation is 1. The summed E-state index contributed by atoms with van der Waals surface area (Å²) in [6, 6.07) is 8.23. The van der Waals surface area contributed by atoms with Gasteiger partial charge in [-0.25, -0.2) is 0 Å². The van der Waals surface area contributed by atoms with Crippen molar-refractivity contribution in [1.29, 1.82) is 0 Å². The minimum Gasteiger partial charge on any atom is -0.351 e. The minimum absolute atomic E-state index is 0.00293. The highest BCUT2D eigenvalue weighted by Crippen LogP contribution is 2.48. The molecule has 1 aliphatic heterocycles. The zero-order valence-corrected chi connectivity index (χ0v) is 13.4.